The van der Waals surface area contributed by atoms with E-state index in [1.54, 1.807) is 0 Å². The maximum Gasteiger partial charge on any atom is 0.228 e. The topological polar surface area (TPSA) is 61.4 Å². The van der Waals surface area contributed by atoms with Crippen molar-refractivity contribution < 1.29 is 9.59 Å². The molecule has 5 nitrogen and oxygen atoms in total. The first-order valence-corrected chi connectivity index (χ1v) is 10.1. The monoisotopic (exact) mass is 369 g/mol. The summed E-state index contributed by atoms with van der Waals surface area (Å²) in [6.45, 7) is 8.72. The van der Waals surface area contributed by atoms with Crippen LogP contribution in [0.1, 0.15) is 58.8 Å². The van der Waals surface area contributed by atoms with Crippen molar-refractivity contribution in [2.24, 2.45) is 5.92 Å². The minimum atomic E-state index is -0.208. The lowest BCUT2D eigenvalue weighted by atomic mass is 9.97. The van der Waals surface area contributed by atoms with Gasteiger partial charge in [0.05, 0.1) is 6.04 Å². The van der Waals surface area contributed by atoms with Crippen molar-refractivity contribution in [2.75, 3.05) is 0 Å². The number of hydrogen-bond donors (Lipinski definition) is 2. The third-order valence-electron chi connectivity index (χ3n) is 5.71. The molecule has 3 aliphatic rings. The molecule has 0 aromatic rings. The normalized spacial score (nSPS) is 31.6. The van der Waals surface area contributed by atoms with Crippen LogP contribution in [-0.2, 0) is 9.59 Å². The molecule has 1 aliphatic carbocycles. The molecule has 2 unspecified atom stereocenters. The molecule has 27 heavy (non-hydrogen) atoms. The third-order valence-corrected chi connectivity index (χ3v) is 5.71. The number of rotatable bonds is 4. The molecular formula is C22H31N3O2. The van der Waals surface area contributed by atoms with Crippen molar-refractivity contribution in [1.82, 2.24) is 15.8 Å². The van der Waals surface area contributed by atoms with Crippen LogP contribution < -0.4 is 10.7 Å². The Morgan fingerprint density at radius 2 is 2.11 bits per heavy atom. The predicted octanol–water partition coefficient (Wildman–Crippen LogP) is 3.52. The lowest BCUT2D eigenvalue weighted by Gasteiger charge is -2.31. The molecule has 0 radical (unpaired) electrons. The molecule has 0 saturated carbocycles. The maximum atomic E-state index is 11.9. The average molecular weight is 370 g/mol. The Bertz CT molecular complexity index is 704. The predicted molar refractivity (Wildman–Crippen MR) is 107 cm³/mol. The highest BCUT2D eigenvalue weighted by Crippen LogP contribution is 2.36. The SMILES string of the molecule is C=C1C2=C(/C=C\C(CCC)C/C=C\C2)[C@@H](C)N1NC1CCC(=O)NC(=O)C1. The van der Waals surface area contributed by atoms with Gasteiger partial charge < -0.3 is 5.01 Å². The Balaban J connectivity index is 1.75. The highest BCUT2D eigenvalue weighted by atomic mass is 16.2. The van der Waals surface area contributed by atoms with Gasteiger partial charge in [0.2, 0.25) is 11.8 Å². The fourth-order valence-electron chi connectivity index (χ4n) is 4.18. The van der Waals surface area contributed by atoms with Crippen molar-refractivity contribution in [3.63, 3.8) is 0 Å². The number of hydrogen-bond acceptors (Lipinski definition) is 4. The third kappa shape index (κ3) is 4.59. The second kappa shape index (κ2) is 8.70. The van der Waals surface area contributed by atoms with Crippen LogP contribution in [0.15, 0.2) is 47.7 Å². The first-order valence-electron chi connectivity index (χ1n) is 10.1. The zero-order valence-electron chi connectivity index (χ0n) is 16.5. The van der Waals surface area contributed by atoms with Gasteiger partial charge in [-0.05, 0) is 49.7 Å². The van der Waals surface area contributed by atoms with Crippen LogP contribution in [-0.4, -0.2) is 28.9 Å². The average Bonchev–Trinajstić information content (AvgIpc) is 2.78. The molecule has 0 bridgehead atoms. The number of allylic oxidation sites excluding steroid dienone is 4. The van der Waals surface area contributed by atoms with Gasteiger partial charge in [0.25, 0.3) is 0 Å². The molecule has 2 aliphatic heterocycles. The summed E-state index contributed by atoms with van der Waals surface area (Å²) in [5.74, 6) is 0.187. The molecule has 1 fully saturated rings. The molecule has 0 aromatic heterocycles. The Morgan fingerprint density at radius 1 is 1.30 bits per heavy atom. The highest BCUT2D eigenvalue weighted by Gasteiger charge is 2.33. The molecule has 2 amide bonds. The maximum absolute atomic E-state index is 11.9. The van der Waals surface area contributed by atoms with E-state index in [-0.39, 0.29) is 23.9 Å². The molecule has 2 heterocycles. The van der Waals surface area contributed by atoms with Gasteiger partial charge in [0, 0.05) is 24.6 Å². The van der Waals surface area contributed by atoms with Crippen LogP contribution in [0.4, 0.5) is 0 Å². The number of amides is 2. The quantitative estimate of drug-likeness (QED) is 0.588. The van der Waals surface area contributed by atoms with Gasteiger partial charge in [-0.1, -0.05) is 44.2 Å². The number of carbonyl (C=O) groups excluding carboxylic acids is 2. The summed E-state index contributed by atoms with van der Waals surface area (Å²) in [4.78, 5) is 23.5. The van der Waals surface area contributed by atoms with E-state index >= 15 is 0 Å². The summed E-state index contributed by atoms with van der Waals surface area (Å²) in [6.07, 6.45) is 14.9. The molecule has 3 atom stereocenters. The first kappa shape index (κ1) is 19.6. The van der Waals surface area contributed by atoms with Crippen LogP contribution in [0.2, 0.25) is 0 Å². The number of nitrogens with zero attached hydrogens (tertiary/aromatic N) is 1. The van der Waals surface area contributed by atoms with Crippen molar-refractivity contribution in [1.29, 1.82) is 0 Å². The summed E-state index contributed by atoms with van der Waals surface area (Å²) in [5, 5.41) is 4.51. The zero-order chi connectivity index (χ0) is 19.4. The summed E-state index contributed by atoms with van der Waals surface area (Å²) in [6, 6.07) is 0.0936. The number of carbonyl (C=O) groups is 2. The van der Waals surface area contributed by atoms with Gasteiger partial charge in [0.1, 0.15) is 0 Å². The zero-order valence-corrected chi connectivity index (χ0v) is 16.5. The lowest BCUT2D eigenvalue weighted by molar-refractivity contribution is -0.129. The smallest absolute Gasteiger partial charge is 0.228 e. The molecule has 146 valence electrons. The van der Waals surface area contributed by atoms with Gasteiger partial charge in [-0.25, -0.2) is 5.43 Å². The molecule has 1 saturated heterocycles. The molecule has 0 spiro atoms. The largest absolute Gasteiger partial charge is 0.301 e. The van der Waals surface area contributed by atoms with E-state index in [4.69, 9.17) is 0 Å². The van der Waals surface area contributed by atoms with Gasteiger partial charge in [-0.3, -0.25) is 14.9 Å². The van der Waals surface area contributed by atoms with Crippen LogP contribution >= 0.6 is 0 Å². The van der Waals surface area contributed by atoms with Gasteiger partial charge in [-0.2, -0.15) is 0 Å². The summed E-state index contributed by atoms with van der Waals surface area (Å²) < 4.78 is 0. The van der Waals surface area contributed by atoms with Gasteiger partial charge in [-0.15, -0.1) is 0 Å². The van der Waals surface area contributed by atoms with E-state index in [0.717, 1.165) is 18.5 Å². The first-order chi connectivity index (χ1) is 13.0. The molecule has 5 heteroatoms. The minimum Gasteiger partial charge on any atom is -0.301 e. The van der Waals surface area contributed by atoms with E-state index < -0.39 is 0 Å². The number of nitrogens with one attached hydrogen (secondary N) is 2. The second-order valence-electron chi connectivity index (χ2n) is 7.79. The van der Waals surface area contributed by atoms with Crippen LogP contribution in [0.25, 0.3) is 0 Å². The van der Waals surface area contributed by atoms with E-state index in [1.807, 2.05) is 0 Å². The van der Waals surface area contributed by atoms with Crippen LogP contribution in [0.5, 0.6) is 0 Å². The highest BCUT2D eigenvalue weighted by molar-refractivity contribution is 5.96. The fourth-order valence-corrected chi connectivity index (χ4v) is 4.18. The molecule has 2 N–H and O–H groups in total. The van der Waals surface area contributed by atoms with Crippen LogP contribution in [0, 0.1) is 5.92 Å². The Hall–Kier alpha value is -2.14. The number of hydrazine groups is 1. The van der Waals surface area contributed by atoms with Crippen molar-refractivity contribution in [3.8, 4) is 0 Å². The molecule has 0 aromatic carbocycles. The summed E-state index contributed by atoms with van der Waals surface area (Å²) >= 11 is 0. The van der Waals surface area contributed by atoms with E-state index in [1.165, 1.54) is 24.0 Å². The van der Waals surface area contributed by atoms with Gasteiger partial charge >= 0.3 is 0 Å². The Kier molecular flexibility index (Phi) is 6.32. The van der Waals surface area contributed by atoms with Gasteiger partial charge in [0.15, 0.2) is 0 Å². The number of imide groups is 1. The van der Waals surface area contributed by atoms with Crippen molar-refractivity contribution >= 4 is 11.8 Å². The Labute approximate surface area is 162 Å². The van der Waals surface area contributed by atoms with E-state index in [0.29, 0.717) is 25.2 Å². The van der Waals surface area contributed by atoms with E-state index in [9.17, 15) is 9.59 Å². The van der Waals surface area contributed by atoms with Crippen molar-refractivity contribution in [3.05, 3.63) is 47.7 Å². The summed E-state index contributed by atoms with van der Waals surface area (Å²) in [5.41, 5.74) is 7.01. The Morgan fingerprint density at radius 3 is 2.89 bits per heavy atom. The van der Waals surface area contributed by atoms with Crippen LogP contribution in [0.3, 0.4) is 0 Å². The minimum absolute atomic E-state index is 0.0588. The second-order valence-corrected chi connectivity index (χ2v) is 7.79. The molecular weight excluding hydrogens is 338 g/mol. The molecule has 3 rings (SSSR count). The van der Waals surface area contributed by atoms with Crippen molar-refractivity contribution in [2.45, 2.75) is 70.9 Å². The van der Waals surface area contributed by atoms with E-state index in [2.05, 4.69) is 60.5 Å². The lowest BCUT2D eigenvalue weighted by Crippen LogP contribution is -2.47. The fraction of sp³-hybridized carbons (Fsp3) is 0.545. The standard InChI is InChI=1S/C22H31N3O2/c1-4-7-17-8-5-6-9-19-15(2)25(16(3)20(19)12-10-17)24-18-11-13-21(26)23-22(27)14-18/h5-6,10,12,16-18,24H,2,4,7-9,11,13-14H2,1,3H3,(H,23,26,27)/b6-5-,12-10-/t16-,17?,18?/m1/s1. The summed E-state index contributed by atoms with van der Waals surface area (Å²) in [7, 11) is 0.